The van der Waals surface area contributed by atoms with E-state index in [0.717, 1.165) is 42.7 Å². The zero-order valence-corrected chi connectivity index (χ0v) is 22.0. The fourth-order valence-electron chi connectivity index (χ4n) is 5.63. The molecule has 0 bridgehead atoms. The zero-order valence-electron chi connectivity index (χ0n) is 20.4. The van der Waals surface area contributed by atoms with E-state index >= 15 is 0 Å². The molecule has 0 aliphatic heterocycles. The number of imidazole rings is 1. The van der Waals surface area contributed by atoms with Gasteiger partial charge in [0.2, 0.25) is 5.95 Å². The van der Waals surface area contributed by atoms with Crippen LogP contribution in [0, 0.1) is 0 Å². The first-order chi connectivity index (χ1) is 16.7. The van der Waals surface area contributed by atoms with Gasteiger partial charge in [-0.15, -0.1) is 24.8 Å². The second-order valence-electron chi connectivity index (χ2n) is 9.91. The largest absolute Gasteiger partial charge is 0.364 e. The summed E-state index contributed by atoms with van der Waals surface area (Å²) in [6, 6.07) is 16.1. The Morgan fingerprint density at radius 2 is 1.64 bits per heavy atom. The maximum absolute atomic E-state index is 6.12. The zero-order chi connectivity index (χ0) is 22.9. The van der Waals surface area contributed by atoms with E-state index in [-0.39, 0.29) is 24.8 Å². The number of fused-ring (bicyclic) bond motifs is 2. The Hall–Kier alpha value is -2.61. The third kappa shape index (κ3) is 5.38. The fourth-order valence-corrected chi connectivity index (χ4v) is 5.63. The van der Waals surface area contributed by atoms with E-state index in [1.165, 1.54) is 42.0 Å². The summed E-state index contributed by atoms with van der Waals surface area (Å²) in [5, 5.41) is 9.72. The lowest BCUT2D eigenvalue weighted by molar-refractivity contribution is 0.410. The Labute approximate surface area is 224 Å². The maximum Gasteiger partial charge on any atom is 0.227 e. The number of anilines is 2. The molecule has 2 saturated carbocycles. The Balaban J connectivity index is 0.00000152. The van der Waals surface area contributed by atoms with Crippen LogP contribution >= 0.6 is 24.8 Å². The van der Waals surface area contributed by atoms with Crippen molar-refractivity contribution in [3.8, 4) is 0 Å². The van der Waals surface area contributed by atoms with E-state index in [2.05, 4.69) is 57.7 Å². The standard InChI is InChI=1S/C27H33N7.2ClH/c28-20-12-14-21(15-13-20)31-27-32-25(24-26(33-27)34(17-30-24)22-9-2-3-10-22)29-16-19-8-5-7-18-6-1-4-11-23(18)19;;/h1,4-8,11,17,20-22H,2-3,9-10,12-16,28H2,(H2,29,31,32,33);2*1H. The van der Waals surface area contributed by atoms with Gasteiger partial charge in [0.15, 0.2) is 17.0 Å². The molecule has 36 heavy (non-hydrogen) atoms. The number of rotatable bonds is 6. The minimum absolute atomic E-state index is 0. The highest BCUT2D eigenvalue weighted by Crippen LogP contribution is 2.33. The number of halogens is 2. The summed E-state index contributed by atoms with van der Waals surface area (Å²) in [7, 11) is 0. The lowest BCUT2D eigenvalue weighted by Gasteiger charge is -2.27. The SMILES string of the molecule is Cl.Cl.NC1CCC(Nc2nc(NCc3cccc4ccccc34)c3ncn(C4CCCC4)c3n2)CC1. The molecule has 0 radical (unpaired) electrons. The smallest absolute Gasteiger partial charge is 0.227 e. The van der Waals surface area contributed by atoms with Crippen LogP contribution in [0.25, 0.3) is 21.9 Å². The predicted octanol–water partition coefficient (Wildman–Crippen LogP) is 6.23. The van der Waals surface area contributed by atoms with Gasteiger partial charge in [-0.05, 0) is 54.9 Å². The van der Waals surface area contributed by atoms with Crippen LogP contribution in [0.15, 0.2) is 48.8 Å². The van der Waals surface area contributed by atoms with Gasteiger partial charge in [-0.3, -0.25) is 0 Å². The fraction of sp³-hybridized carbons (Fsp3) is 0.444. The van der Waals surface area contributed by atoms with Crippen LogP contribution in [-0.4, -0.2) is 31.6 Å². The molecule has 4 N–H and O–H groups in total. The van der Waals surface area contributed by atoms with Crippen molar-refractivity contribution in [1.29, 1.82) is 0 Å². The molecule has 0 saturated heterocycles. The average molecular weight is 529 g/mol. The summed E-state index contributed by atoms with van der Waals surface area (Å²) in [5.41, 5.74) is 9.14. The molecule has 0 unspecified atom stereocenters. The van der Waals surface area contributed by atoms with Crippen LogP contribution < -0.4 is 16.4 Å². The molecule has 0 atom stereocenters. The van der Waals surface area contributed by atoms with Crippen molar-refractivity contribution in [2.24, 2.45) is 5.73 Å². The van der Waals surface area contributed by atoms with Crippen molar-refractivity contribution in [1.82, 2.24) is 19.5 Å². The summed E-state index contributed by atoms with van der Waals surface area (Å²) < 4.78 is 2.27. The maximum atomic E-state index is 6.12. The topological polar surface area (TPSA) is 93.7 Å². The van der Waals surface area contributed by atoms with Gasteiger partial charge in [0.1, 0.15) is 0 Å². The van der Waals surface area contributed by atoms with Crippen LogP contribution in [0.5, 0.6) is 0 Å². The molecule has 192 valence electrons. The second kappa shape index (κ2) is 11.6. The van der Waals surface area contributed by atoms with Gasteiger partial charge < -0.3 is 20.9 Å². The van der Waals surface area contributed by atoms with E-state index in [1.807, 2.05) is 6.33 Å². The number of aromatic nitrogens is 4. The molecule has 2 aromatic carbocycles. The Morgan fingerprint density at radius 3 is 2.44 bits per heavy atom. The van der Waals surface area contributed by atoms with Gasteiger partial charge in [-0.1, -0.05) is 55.3 Å². The first kappa shape index (κ1) is 26.5. The normalized spacial score (nSPS) is 20.1. The van der Waals surface area contributed by atoms with Gasteiger partial charge in [0.05, 0.1) is 6.33 Å². The van der Waals surface area contributed by atoms with Gasteiger partial charge in [0.25, 0.3) is 0 Å². The molecular formula is C27H35Cl2N7. The molecule has 0 amide bonds. The summed E-state index contributed by atoms with van der Waals surface area (Å²) in [6.07, 6.45) is 11.1. The number of benzene rings is 2. The summed E-state index contributed by atoms with van der Waals surface area (Å²) in [6.45, 7) is 0.682. The highest BCUT2D eigenvalue weighted by atomic mass is 35.5. The van der Waals surface area contributed by atoms with E-state index in [4.69, 9.17) is 20.7 Å². The highest BCUT2D eigenvalue weighted by molar-refractivity contribution is 5.87. The minimum Gasteiger partial charge on any atom is -0.364 e. The molecule has 2 fully saturated rings. The molecule has 7 nitrogen and oxygen atoms in total. The van der Waals surface area contributed by atoms with Crippen LogP contribution in [0.2, 0.25) is 0 Å². The number of nitrogens with one attached hydrogen (secondary N) is 2. The lowest BCUT2D eigenvalue weighted by atomic mass is 9.92. The van der Waals surface area contributed by atoms with E-state index in [0.29, 0.717) is 30.6 Å². The molecule has 2 heterocycles. The van der Waals surface area contributed by atoms with Gasteiger partial charge in [0, 0.05) is 24.7 Å². The lowest BCUT2D eigenvalue weighted by Crippen LogP contribution is -2.33. The Kier molecular flexibility index (Phi) is 8.54. The van der Waals surface area contributed by atoms with Crippen molar-refractivity contribution in [2.75, 3.05) is 10.6 Å². The summed E-state index contributed by atoms with van der Waals surface area (Å²) in [4.78, 5) is 14.6. The van der Waals surface area contributed by atoms with Crippen LogP contribution in [-0.2, 0) is 6.54 Å². The Morgan fingerprint density at radius 1 is 0.889 bits per heavy atom. The molecule has 2 aromatic heterocycles. The first-order valence-corrected chi connectivity index (χ1v) is 12.7. The Bertz CT molecular complexity index is 1290. The second-order valence-corrected chi connectivity index (χ2v) is 9.91. The van der Waals surface area contributed by atoms with Crippen molar-refractivity contribution in [3.63, 3.8) is 0 Å². The third-order valence-electron chi connectivity index (χ3n) is 7.57. The van der Waals surface area contributed by atoms with Crippen LogP contribution in [0.4, 0.5) is 11.8 Å². The van der Waals surface area contributed by atoms with Gasteiger partial charge >= 0.3 is 0 Å². The van der Waals surface area contributed by atoms with Gasteiger partial charge in [-0.2, -0.15) is 9.97 Å². The van der Waals surface area contributed by atoms with Crippen molar-refractivity contribution >= 4 is 58.5 Å². The monoisotopic (exact) mass is 527 g/mol. The molecule has 6 rings (SSSR count). The third-order valence-corrected chi connectivity index (χ3v) is 7.57. The molecule has 9 heteroatoms. The number of nitrogens with two attached hydrogens (primary N) is 1. The molecule has 0 spiro atoms. The molecule has 4 aromatic rings. The minimum atomic E-state index is 0. The van der Waals surface area contributed by atoms with Crippen LogP contribution in [0.3, 0.4) is 0 Å². The predicted molar refractivity (Wildman–Crippen MR) is 152 cm³/mol. The molecule has 2 aliphatic rings. The first-order valence-electron chi connectivity index (χ1n) is 12.7. The summed E-state index contributed by atoms with van der Waals surface area (Å²) in [5.74, 6) is 1.48. The average Bonchev–Trinajstić information content (AvgIpc) is 3.54. The van der Waals surface area contributed by atoms with Crippen molar-refractivity contribution < 1.29 is 0 Å². The number of hydrogen-bond acceptors (Lipinski definition) is 6. The van der Waals surface area contributed by atoms with E-state index in [1.54, 1.807) is 0 Å². The molecule has 2 aliphatic carbocycles. The van der Waals surface area contributed by atoms with Gasteiger partial charge in [-0.25, -0.2) is 4.98 Å². The van der Waals surface area contributed by atoms with Crippen molar-refractivity contribution in [2.45, 2.75) is 76.0 Å². The number of nitrogens with zero attached hydrogens (tertiary/aromatic N) is 4. The highest BCUT2D eigenvalue weighted by Gasteiger charge is 2.24. The van der Waals surface area contributed by atoms with Crippen molar-refractivity contribution in [3.05, 3.63) is 54.4 Å². The summed E-state index contributed by atoms with van der Waals surface area (Å²) >= 11 is 0. The van der Waals surface area contributed by atoms with Crippen LogP contribution in [0.1, 0.15) is 63.0 Å². The quantitative estimate of drug-likeness (QED) is 0.275. The number of hydrogen-bond donors (Lipinski definition) is 3. The molecular weight excluding hydrogens is 493 g/mol. The van der Waals surface area contributed by atoms with E-state index < -0.39 is 0 Å². The van der Waals surface area contributed by atoms with E-state index in [9.17, 15) is 0 Å².